The number of carbonyl (C=O) groups excluding carboxylic acids is 1. The summed E-state index contributed by atoms with van der Waals surface area (Å²) in [7, 11) is 0. The summed E-state index contributed by atoms with van der Waals surface area (Å²) in [6.07, 6.45) is -2.51. The maximum Gasteiger partial charge on any atom is 0.405 e. The van der Waals surface area contributed by atoms with Crippen molar-refractivity contribution < 1.29 is 18.0 Å². The number of thioether (sulfide) groups is 1. The van der Waals surface area contributed by atoms with Crippen molar-refractivity contribution in [1.29, 1.82) is 0 Å². The number of benzene rings is 1. The van der Waals surface area contributed by atoms with E-state index in [9.17, 15) is 18.0 Å². The molecule has 0 saturated carbocycles. The lowest BCUT2D eigenvalue weighted by atomic mass is 10.2. The molecule has 3 nitrogen and oxygen atoms in total. The number of amides is 1. The first kappa shape index (κ1) is 15.7. The number of hydrogen-bond donors (Lipinski definition) is 2. The molecule has 0 fully saturated rings. The number of halogens is 3. The highest BCUT2D eigenvalue weighted by Crippen LogP contribution is 2.25. The fourth-order valence-corrected chi connectivity index (χ4v) is 1.96. The van der Waals surface area contributed by atoms with E-state index in [0.717, 1.165) is 10.6 Å². The SMILES string of the molecule is CSc1ccccc1NC(C)C(=O)NCC(F)(F)F. The highest BCUT2D eigenvalue weighted by molar-refractivity contribution is 7.98. The zero-order chi connectivity index (χ0) is 14.5. The van der Waals surface area contributed by atoms with Crippen LogP contribution in [0.2, 0.25) is 0 Å². The number of anilines is 1. The van der Waals surface area contributed by atoms with E-state index in [1.807, 2.05) is 23.7 Å². The van der Waals surface area contributed by atoms with E-state index >= 15 is 0 Å². The van der Waals surface area contributed by atoms with Crippen LogP contribution in [0, 0.1) is 0 Å². The van der Waals surface area contributed by atoms with E-state index in [1.54, 1.807) is 12.1 Å². The van der Waals surface area contributed by atoms with Crippen molar-refractivity contribution >= 4 is 23.4 Å². The molecule has 1 atom stereocenters. The molecule has 0 aliphatic carbocycles. The predicted molar refractivity (Wildman–Crippen MR) is 70.4 cm³/mol. The van der Waals surface area contributed by atoms with E-state index in [-0.39, 0.29) is 0 Å². The minimum absolute atomic E-state index is 0.687. The molecular formula is C12H15F3N2OS. The van der Waals surface area contributed by atoms with Gasteiger partial charge in [-0.25, -0.2) is 0 Å². The molecule has 0 spiro atoms. The molecule has 0 aliphatic heterocycles. The van der Waals surface area contributed by atoms with Gasteiger partial charge in [0.15, 0.2) is 0 Å². The topological polar surface area (TPSA) is 41.1 Å². The molecule has 106 valence electrons. The van der Waals surface area contributed by atoms with Crippen LogP contribution in [0.25, 0.3) is 0 Å². The van der Waals surface area contributed by atoms with Crippen LogP contribution in [0.15, 0.2) is 29.2 Å². The van der Waals surface area contributed by atoms with Gasteiger partial charge >= 0.3 is 6.18 Å². The van der Waals surface area contributed by atoms with Crippen molar-refractivity contribution in [3.63, 3.8) is 0 Å². The average molecular weight is 292 g/mol. The minimum Gasteiger partial charge on any atom is -0.373 e. The van der Waals surface area contributed by atoms with Crippen LogP contribution in [-0.2, 0) is 4.79 Å². The van der Waals surface area contributed by atoms with E-state index in [0.29, 0.717) is 0 Å². The van der Waals surface area contributed by atoms with Crippen molar-refractivity contribution in [2.45, 2.75) is 24.0 Å². The quantitative estimate of drug-likeness (QED) is 0.820. The van der Waals surface area contributed by atoms with Crippen molar-refractivity contribution in [3.8, 4) is 0 Å². The second kappa shape index (κ2) is 6.70. The smallest absolute Gasteiger partial charge is 0.373 e. The summed E-state index contributed by atoms with van der Waals surface area (Å²) in [4.78, 5) is 12.4. The lowest BCUT2D eigenvalue weighted by Crippen LogP contribution is -2.42. The third kappa shape index (κ3) is 5.42. The Morgan fingerprint density at radius 2 is 2.00 bits per heavy atom. The van der Waals surface area contributed by atoms with Gasteiger partial charge in [-0.1, -0.05) is 12.1 Å². The van der Waals surface area contributed by atoms with E-state index in [2.05, 4.69) is 5.32 Å². The number of carbonyl (C=O) groups is 1. The van der Waals surface area contributed by atoms with Gasteiger partial charge in [0.05, 0.1) is 0 Å². The summed E-state index contributed by atoms with van der Waals surface area (Å²) in [5.41, 5.74) is 0.727. The summed E-state index contributed by atoms with van der Waals surface area (Å²) >= 11 is 1.49. The van der Waals surface area contributed by atoms with Gasteiger partial charge in [0, 0.05) is 10.6 Å². The Labute approximate surface area is 114 Å². The first-order chi connectivity index (χ1) is 8.83. The Morgan fingerprint density at radius 1 is 1.37 bits per heavy atom. The lowest BCUT2D eigenvalue weighted by molar-refractivity contribution is -0.138. The van der Waals surface area contributed by atoms with Gasteiger partial charge in [0.1, 0.15) is 12.6 Å². The molecule has 0 aromatic heterocycles. The molecular weight excluding hydrogens is 277 g/mol. The van der Waals surface area contributed by atoms with E-state index < -0.39 is 24.7 Å². The molecule has 0 aliphatic rings. The van der Waals surface area contributed by atoms with Crippen LogP contribution in [0.5, 0.6) is 0 Å². The van der Waals surface area contributed by atoms with Gasteiger partial charge in [-0.3, -0.25) is 4.79 Å². The summed E-state index contributed by atoms with van der Waals surface area (Å²) in [5, 5.41) is 4.74. The molecule has 7 heteroatoms. The van der Waals surface area contributed by atoms with Crippen LogP contribution in [0.3, 0.4) is 0 Å². The van der Waals surface area contributed by atoms with Crippen molar-refractivity contribution in [2.24, 2.45) is 0 Å². The fourth-order valence-electron chi connectivity index (χ4n) is 1.40. The monoisotopic (exact) mass is 292 g/mol. The molecule has 19 heavy (non-hydrogen) atoms. The number of nitrogens with one attached hydrogen (secondary N) is 2. The van der Waals surface area contributed by atoms with Gasteiger partial charge in [-0.2, -0.15) is 13.2 Å². The molecule has 0 saturated heterocycles. The van der Waals surface area contributed by atoms with Crippen molar-refractivity contribution in [1.82, 2.24) is 5.32 Å². The third-order valence-electron chi connectivity index (χ3n) is 2.34. The first-order valence-corrected chi connectivity index (χ1v) is 6.80. The second-order valence-corrected chi connectivity index (χ2v) is 4.75. The van der Waals surface area contributed by atoms with Crippen LogP contribution in [-0.4, -0.2) is 30.9 Å². The van der Waals surface area contributed by atoms with Crippen LogP contribution < -0.4 is 10.6 Å². The molecule has 1 unspecified atom stereocenters. The Kier molecular flexibility index (Phi) is 5.53. The highest BCUT2D eigenvalue weighted by Gasteiger charge is 2.28. The highest BCUT2D eigenvalue weighted by atomic mass is 32.2. The molecule has 0 radical (unpaired) electrons. The average Bonchev–Trinajstić information content (AvgIpc) is 2.35. The van der Waals surface area contributed by atoms with Crippen molar-refractivity contribution in [2.75, 3.05) is 18.1 Å². The minimum atomic E-state index is -4.40. The molecule has 1 amide bonds. The van der Waals surface area contributed by atoms with Gasteiger partial charge < -0.3 is 10.6 Å². The maximum atomic E-state index is 12.0. The van der Waals surface area contributed by atoms with Crippen molar-refractivity contribution in [3.05, 3.63) is 24.3 Å². The Bertz CT molecular complexity index is 437. The molecule has 1 aromatic rings. The predicted octanol–water partition coefficient (Wildman–Crippen LogP) is 2.89. The molecule has 1 aromatic carbocycles. The van der Waals surface area contributed by atoms with Crippen LogP contribution in [0.4, 0.5) is 18.9 Å². The largest absolute Gasteiger partial charge is 0.405 e. The lowest BCUT2D eigenvalue weighted by Gasteiger charge is -2.17. The molecule has 1 rings (SSSR count). The van der Waals surface area contributed by atoms with Gasteiger partial charge in [-0.05, 0) is 25.3 Å². The number of rotatable bonds is 5. The third-order valence-corrected chi connectivity index (χ3v) is 3.13. The summed E-state index contributed by atoms with van der Waals surface area (Å²) in [5.74, 6) is -0.687. The summed E-state index contributed by atoms with van der Waals surface area (Å²) < 4.78 is 36.0. The zero-order valence-corrected chi connectivity index (χ0v) is 11.4. The Morgan fingerprint density at radius 3 is 2.58 bits per heavy atom. The summed E-state index contributed by atoms with van der Waals surface area (Å²) in [6.45, 7) is 0.199. The first-order valence-electron chi connectivity index (χ1n) is 5.57. The van der Waals surface area contributed by atoms with Crippen LogP contribution in [0.1, 0.15) is 6.92 Å². The molecule has 2 N–H and O–H groups in total. The van der Waals surface area contributed by atoms with Gasteiger partial charge in [-0.15, -0.1) is 11.8 Å². The number of para-hydroxylation sites is 1. The maximum absolute atomic E-state index is 12.0. The summed E-state index contributed by atoms with van der Waals surface area (Å²) in [6, 6.07) is 6.55. The fraction of sp³-hybridized carbons (Fsp3) is 0.417. The number of hydrogen-bond acceptors (Lipinski definition) is 3. The zero-order valence-electron chi connectivity index (χ0n) is 10.5. The van der Waals surface area contributed by atoms with Crippen LogP contribution >= 0.6 is 11.8 Å². The van der Waals surface area contributed by atoms with E-state index in [1.165, 1.54) is 18.7 Å². The molecule has 0 heterocycles. The Hall–Kier alpha value is -1.37. The standard InChI is InChI=1S/C12H15F3N2OS/c1-8(11(18)16-7-12(13,14)15)17-9-5-3-4-6-10(9)19-2/h3-6,8,17H,7H2,1-2H3,(H,16,18). The van der Waals surface area contributed by atoms with Gasteiger partial charge in [0.25, 0.3) is 0 Å². The molecule has 0 bridgehead atoms. The second-order valence-electron chi connectivity index (χ2n) is 3.90. The van der Waals surface area contributed by atoms with E-state index in [4.69, 9.17) is 0 Å². The Balaban J connectivity index is 2.59. The number of alkyl halides is 3. The normalized spacial score (nSPS) is 12.9. The van der Waals surface area contributed by atoms with Gasteiger partial charge in [0.2, 0.25) is 5.91 Å².